The molecular weight excluding hydrogens is 564 g/mol. The van der Waals surface area contributed by atoms with E-state index in [2.05, 4.69) is 30.8 Å². The van der Waals surface area contributed by atoms with E-state index in [-0.39, 0.29) is 30.7 Å². The van der Waals surface area contributed by atoms with E-state index in [0.29, 0.717) is 55.1 Å². The van der Waals surface area contributed by atoms with Crippen LogP contribution in [0, 0.1) is 12.8 Å². The van der Waals surface area contributed by atoms with Crippen LogP contribution in [0.25, 0.3) is 5.65 Å². The fourth-order valence-electron chi connectivity index (χ4n) is 5.35. The molecule has 5 heterocycles. The molecule has 42 heavy (non-hydrogen) atoms. The predicted octanol–water partition coefficient (Wildman–Crippen LogP) is 4.17. The Labute approximate surface area is 245 Å². The molecule has 3 N–H and O–H groups in total. The zero-order chi connectivity index (χ0) is 29.3. The van der Waals surface area contributed by atoms with Crippen LogP contribution in [-0.4, -0.2) is 84.8 Å². The molecule has 6 rings (SSSR count). The van der Waals surface area contributed by atoms with Crippen molar-refractivity contribution in [1.29, 1.82) is 0 Å². The van der Waals surface area contributed by atoms with Crippen molar-refractivity contribution in [2.75, 3.05) is 43.4 Å². The second kappa shape index (κ2) is 11.7. The molecule has 0 bridgehead atoms. The first-order valence-electron chi connectivity index (χ1n) is 13.8. The van der Waals surface area contributed by atoms with Crippen LogP contribution >= 0.6 is 11.8 Å². The second-order valence-electron chi connectivity index (χ2n) is 10.7. The van der Waals surface area contributed by atoms with Crippen LogP contribution in [0.4, 0.5) is 26.2 Å². The number of fused-ring (bicyclic) bond motifs is 1. The number of aryl methyl sites for hydroxylation is 1. The highest BCUT2D eigenvalue weighted by Crippen LogP contribution is 2.30. The molecule has 14 heteroatoms. The number of rotatable bonds is 8. The zero-order valence-electron chi connectivity index (χ0n) is 23.0. The molecule has 0 aliphatic carbocycles. The molecule has 1 unspecified atom stereocenters. The van der Waals surface area contributed by atoms with Gasteiger partial charge >= 0.3 is 0 Å². The third kappa shape index (κ3) is 6.54. The molecule has 0 spiro atoms. The van der Waals surface area contributed by atoms with E-state index in [9.17, 15) is 18.4 Å². The van der Waals surface area contributed by atoms with Crippen molar-refractivity contribution < 1.29 is 18.4 Å². The fourth-order valence-corrected chi connectivity index (χ4v) is 6.10. The Kier molecular flexibility index (Phi) is 7.82. The molecular formula is C28H31F2N9O2S. The number of hydrogen-bond donors (Lipinski definition) is 3. The van der Waals surface area contributed by atoms with E-state index in [1.807, 2.05) is 64.9 Å². The molecule has 220 valence electrons. The number of hydrogen-bond acceptors (Lipinski definition) is 8. The van der Waals surface area contributed by atoms with Crippen LogP contribution < -0.4 is 10.6 Å². The lowest BCUT2D eigenvalue weighted by Crippen LogP contribution is -2.48. The maximum atomic E-state index is 13.8. The third-order valence-corrected chi connectivity index (χ3v) is 8.23. The quantitative estimate of drug-likeness (QED) is 0.277. The monoisotopic (exact) mass is 595 g/mol. The first kappa shape index (κ1) is 28.1. The van der Waals surface area contributed by atoms with Crippen LogP contribution in [0.1, 0.15) is 25.0 Å². The minimum Gasteiger partial charge on any atom is -0.336 e. The summed E-state index contributed by atoms with van der Waals surface area (Å²) in [5.74, 6) is -2.36. The Balaban J connectivity index is 1.02. The van der Waals surface area contributed by atoms with Gasteiger partial charge in [-0.1, -0.05) is 0 Å². The molecule has 2 aliphatic rings. The molecule has 11 nitrogen and oxygen atoms in total. The minimum atomic E-state index is -2.82. The Morgan fingerprint density at radius 1 is 1.17 bits per heavy atom. The van der Waals surface area contributed by atoms with Gasteiger partial charge in [-0.05, 0) is 74.5 Å². The Morgan fingerprint density at radius 3 is 2.76 bits per heavy atom. The number of H-pyrrole nitrogens is 1. The van der Waals surface area contributed by atoms with Crippen LogP contribution in [0.2, 0.25) is 0 Å². The van der Waals surface area contributed by atoms with Gasteiger partial charge in [-0.2, -0.15) is 10.1 Å². The third-order valence-electron chi connectivity index (χ3n) is 7.35. The molecule has 4 aromatic rings. The number of nitrogens with zero attached hydrogens (tertiary/aromatic N) is 6. The van der Waals surface area contributed by atoms with Gasteiger partial charge in [0, 0.05) is 48.1 Å². The molecule has 1 aromatic carbocycles. The average Bonchev–Trinajstić information content (AvgIpc) is 3.70. The Hall–Kier alpha value is -4.04. The highest BCUT2D eigenvalue weighted by Gasteiger charge is 2.40. The molecule has 1 atom stereocenters. The van der Waals surface area contributed by atoms with Crippen molar-refractivity contribution in [3.8, 4) is 0 Å². The molecule has 3 aromatic heterocycles. The molecule has 2 amide bonds. The van der Waals surface area contributed by atoms with Gasteiger partial charge in [0.15, 0.2) is 11.0 Å². The van der Waals surface area contributed by atoms with Gasteiger partial charge in [-0.15, -0.1) is 0 Å². The Bertz CT molecular complexity index is 1590. The summed E-state index contributed by atoms with van der Waals surface area (Å²) in [6.45, 7) is 2.89. The number of aromatic nitrogens is 5. The van der Waals surface area contributed by atoms with Crippen molar-refractivity contribution >= 4 is 46.7 Å². The van der Waals surface area contributed by atoms with E-state index in [1.165, 1.54) is 16.7 Å². The predicted molar refractivity (Wildman–Crippen MR) is 154 cm³/mol. The first-order chi connectivity index (χ1) is 20.2. The summed E-state index contributed by atoms with van der Waals surface area (Å²) < 4.78 is 29.4. The fraction of sp³-hybridized carbons (Fsp3) is 0.393. The highest BCUT2D eigenvalue weighted by molar-refractivity contribution is 7.99. The largest absolute Gasteiger partial charge is 0.336 e. The number of nitrogens with one attached hydrogen (secondary N) is 3. The molecule has 2 saturated heterocycles. The van der Waals surface area contributed by atoms with Gasteiger partial charge in [0.2, 0.25) is 17.8 Å². The number of carbonyl (C=O) groups is 2. The van der Waals surface area contributed by atoms with Gasteiger partial charge in [0.25, 0.3) is 5.92 Å². The number of halogens is 2. The number of aromatic amines is 1. The van der Waals surface area contributed by atoms with Crippen molar-refractivity contribution in [2.24, 2.45) is 5.92 Å². The minimum absolute atomic E-state index is 0.132. The molecule has 2 aliphatic heterocycles. The number of piperidine rings is 1. The maximum Gasteiger partial charge on any atom is 0.265 e. The summed E-state index contributed by atoms with van der Waals surface area (Å²) in [6, 6.07) is 13.1. The zero-order valence-corrected chi connectivity index (χ0v) is 23.8. The smallest absolute Gasteiger partial charge is 0.265 e. The van der Waals surface area contributed by atoms with Gasteiger partial charge < -0.3 is 15.5 Å². The maximum absolute atomic E-state index is 13.8. The highest BCUT2D eigenvalue weighted by atomic mass is 32.2. The summed E-state index contributed by atoms with van der Waals surface area (Å²) in [7, 11) is 0. The summed E-state index contributed by atoms with van der Waals surface area (Å²) >= 11 is 1.40. The SMILES string of the molecule is Cc1cc(Nc2nc(Sc3ccc(NC(=O)CN4CCC(C(=O)N5CCCC(F)(F)C5)C4)cc3)nc3cccn23)n[nH]1. The van der Waals surface area contributed by atoms with E-state index in [0.717, 1.165) is 16.2 Å². The number of anilines is 3. The lowest BCUT2D eigenvalue weighted by atomic mass is 10.0. The van der Waals surface area contributed by atoms with Gasteiger partial charge in [-0.3, -0.25) is 24.0 Å². The van der Waals surface area contributed by atoms with E-state index in [1.54, 1.807) is 0 Å². The van der Waals surface area contributed by atoms with Crippen LogP contribution in [0.5, 0.6) is 0 Å². The second-order valence-corrected chi connectivity index (χ2v) is 11.8. The Morgan fingerprint density at radius 2 is 2.00 bits per heavy atom. The standard InChI is InChI=1S/C28H31F2N9O2S/c1-18-14-22(36-35-18)32-26-34-27(33-23-4-2-12-39(23)26)42-21-7-5-20(6-8-21)31-24(40)16-37-13-9-19(15-37)25(41)38-11-3-10-28(29,30)17-38/h2,4-8,12,14,19H,3,9-11,13,15-17H2,1H3,(H,31,40)(H2,32,33,34,35,36). The summed E-state index contributed by atoms with van der Waals surface area (Å²) in [4.78, 5) is 38.9. The number of likely N-dealkylation sites (tertiary alicyclic amines) is 2. The lowest BCUT2D eigenvalue weighted by molar-refractivity contribution is -0.145. The summed E-state index contributed by atoms with van der Waals surface area (Å²) in [6.07, 6.45) is 2.58. The normalized spacial score (nSPS) is 18.8. The molecule has 0 radical (unpaired) electrons. The summed E-state index contributed by atoms with van der Waals surface area (Å²) in [5, 5.41) is 13.8. The average molecular weight is 596 g/mol. The number of benzene rings is 1. The van der Waals surface area contributed by atoms with Crippen LogP contribution in [0.15, 0.2) is 58.7 Å². The topological polar surface area (TPSA) is 124 Å². The van der Waals surface area contributed by atoms with E-state index < -0.39 is 12.5 Å². The first-order valence-corrected chi connectivity index (χ1v) is 14.6. The number of alkyl halides is 2. The van der Waals surface area contributed by atoms with Crippen molar-refractivity contribution in [1.82, 2.24) is 34.4 Å². The lowest BCUT2D eigenvalue weighted by Gasteiger charge is -2.34. The van der Waals surface area contributed by atoms with E-state index >= 15 is 0 Å². The molecule has 2 fully saturated rings. The van der Waals surface area contributed by atoms with Crippen LogP contribution in [0.3, 0.4) is 0 Å². The van der Waals surface area contributed by atoms with Crippen molar-refractivity contribution in [3.05, 3.63) is 54.4 Å². The summed E-state index contributed by atoms with van der Waals surface area (Å²) in [5.41, 5.74) is 2.32. The molecule has 0 saturated carbocycles. The number of amides is 2. The number of carbonyl (C=O) groups excluding carboxylic acids is 2. The van der Waals surface area contributed by atoms with Gasteiger partial charge in [0.05, 0.1) is 19.0 Å². The van der Waals surface area contributed by atoms with Crippen molar-refractivity contribution in [3.63, 3.8) is 0 Å². The van der Waals surface area contributed by atoms with Gasteiger partial charge in [0.1, 0.15) is 5.65 Å². The van der Waals surface area contributed by atoms with Crippen molar-refractivity contribution in [2.45, 2.75) is 42.2 Å². The van der Waals surface area contributed by atoms with Gasteiger partial charge in [-0.25, -0.2) is 13.8 Å². The van der Waals surface area contributed by atoms with Crippen LogP contribution in [-0.2, 0) is 9.59 Å². The van der Waals surface area contributed by atoms with E-state index in [4.69, 9.17) is 0 Å².